The topological polar surface area (TPSA) is 79.4 Å². The standard InChI is InChI=1S/C22H18FN3O3S2/c1-26(31(28,29)19-10-8-18(23)9-11-19)13-21(27)25-22-24-20(14-30-22)17-7-6-15-4-2-3-5-16(15)12-17/h2-12,14H,13H2,1H3,(H,24,25,27). The van der Waals surface area contributed by atoms with Crippen molar-refractivity contribution in [1.29, 1.82) is 0 Å². The third-order valence-electron chi connectivity index (χ3n) is 4.68. The molecule has 0 saturated heterocycles. The van der Waals surface area contributed by atoms with Crippen LogP contribution in [0.15, 0.2) is 77.0 Å². The molecule has 0 unspecified atom stereocenters. The molecule has 4 rings (SSSR count). The summed E-state index contributed by atoms with van der Waals surface area (Å²) in [6.45, 7) is -0.398. The third kappa shape index (κ3) is 4.63. The summed E-state index contributed by atoms with van der Waals surface area (Å²) in [6.07, 6.45) is 0. The average Bonchev–Trinajstić information content (AvgIpc) is 3.22. The van der Waals surface area contributed by atoms with E-state index in [4.69, 9.17) is 0 Å². The number of nitrogens with zero attached hydrogens (tertiary/aromatic N) is 2. The van der Waals surface area contributed by atoms with E-state index >= 15 is 0 Å². The van der Waals surface area contributed by atoms with Crippen molar-refractivity contribution in [3.05, 3.63) is 77.9 Å². The summed E-state index contributed by atoms with van der Waals surface area (Å²) in [7, 11) is -2.62. The highest BCUT2D eigenvalue weighted by atomic mass is 32.2. The van der Waals surface area contributed by atoms with Crippen LogP contribution in [0.4, 0.5) is 9.52 Å². The molecule has 1 amide bonds. The normalized spacial score (nSPS) is 11.7. The minimum absolute atomic E-state index is 0.0861. The van der Waals surface area contributed by atoms with Crippen LogP contribution in [0.25, 0.3) is 22.0 Å². The second-order valence-electron chi connectivity index (χ2n) is 6.86. The van der Waals surface area contributed by atoms with Gasteiger partial charge in [-0.3, -0.25) is 4.79 Å². The molecule has 0 saturated carbocycles. The Morgan fingerprint density at radius 1 is 1.06 bits per heavy atom. The quantitative estimate of drug-likeness (QED) is 0.469. The molecule has 1 aromatic heterocycles. The van der Waals surface area contributed by atoms with E-state index in [-0.39, 0.29) is 4.90 Å². The maximum Gasteiger partial charge on any atom is 0.243 e. The summed E-state index contributed by atoms with van der Waals surface area (Å²) in [5, 5.41) is 7.06. The molecule has 0 aliphatic rings. The summed E-state index contributed by atoms with van der Waals surface area (Å²) in [4.78, 5) is 16.7. The van der Waals surface area contributed by atoms with E-state index in [2.05, 4.69) is 10.3 Å². The van der Waals surface area contributed by atoms with E-state index in [1.54, 1.807) is 0 Å². The zero-order valence-corrected chi connectivity index (χ0v) is 18.1. The van der Waals surface area contributed by atoms with Crippen molar-refractivity contribution in [3.8, 4) is 11.3 Å². The van der Waals surface area contributed by atoms with Crippen LogP contribution in [0.1, 0.15) is 0 Å². The van der Waals surface area contributed by atoms with Crippen molar-refractivity contribution < 1.29 is 17.6 Å². The van der Waals surface area contributed by atoms with Crippen molar-refractivity contribution in [3.63, 3.8) is 0 Å². The largest absolute Gasteiger partial charge is 0.301 e. The number of carbonyl (C=O) groups is 1. The molecule has 0 fully saturated rings. The summed E-state index contributed by atoms with van der Waals surface area (Å²) in [5.41, 5.74) is 1.64. The van der Waals surface area contributed by atoms with E-state index in [1.807, 2.05) is 47.8 Å². The number of amides is 1. The molecule has 3 aromatic carbocycles. The number of anilines is 1. The van der Waals surface area contributed by atoms with Gasteiger partial charge >= 0.3 is 0 Å². The first-order valence-electron chi connectivity index (χ1n) is 9.29. The van der Waals surface area contributed by atoms with Gasteiger partial charge in [0.1, 0.15) is 5.82 Å². The second-order valence-corrected chi connectivity index (χ2v) is 9.77. The van der Waals surface area contributed by atoms with Crippen molar-refractivity contribution in [2.45, 2.75) is 4.90 Å². The number of rotatable bonds is 6. The number of thiazole rings is 1. The lowest BCUT2D eigenvalue weighted by molar-refractivity contribution is -0.116. The lowest BCUT2D eigenvalue weighted by atomic mass is 10.1. The van der Waals surface area contributed by atoms with E-state index in [1.165, 1.54) is 18.4 Å². The number of likely N-dealkylation sites (N-methyl/N-ethyl adjacent to an activating group) is 1. The van der Waals surface area contributed by atoms with Crippen LogP contribution in [-0.2, 0) is 14.8 Å². The number of nitrogens with one attached hydrogen (secondary N) is 1. The minimum Gasteiger partial charge on any atom is -0.301 e. The van der Waals surface area contributed by atoms with Gasteiger partial charge in [-0.2, -0.15) is 4.31 Å². The van der Waals surface area contributed by atoms with E-state index < -0.39 is 28.3 Å². The number of fused-ring (bicyclic) bond motifs is 1. The Bertz CT molecular complexity index is 1350. The van der Waals surface area contributed by atoms with Crippen LogP contribution < -0.4 is 5.32 Å². The molecule has 4 aromatic rings. The van der Waals surface area contributed by atoms with Crippen LogP contribution in [0.2, 0.25) is 0 Å². The first-order chi connectivity index (χ1) is 14.8. The zero-order chi connectivity index (χ0) is 22.0. The molecule has 158 valence electrons. The van der Waals surface area contributed by atoms with Crippen molar-refractivity contribution in [2.75, 3.05) is 18.9 Å². The summed E-state index contributed by atoms with van der Waals surface area (Å²) >= 11 is 1.26. The van der Waals surface area contributed by atoms with Crippen LogP contribution in [0.5, 0.6) is 0 Å². The fourth-order valence-electron chi connectivity index (χ4n) is 3.04. The first-order valence-corrected chi connectivity index (χ1v) is 11.6. The SMILES string of the molecule is CN(CC(=O)Nc1nc(-c2ccc3ccccc3c2)cs1)S(=O)(=O)c1ccc(F)cc1. The number of carbonyl (C=O) groups excluding carboxylic acids is 1. The molecule has 0 spiro atoms. The van der Waals surface area contributed by atoms with Crippen LogP contribution in [0, 0.1) is 5.82 Å². The average molecular weight is 456 g/mol. The Morgan fingerprint density at radius 2 is 1.77 bits per heavy atom. The maximum absolute atomic E-state index is 13.1. The Morgan fingerprint density at radius 3 is 2.52 bits per heavy atom. The number of benzene rings is 3. The summed E-state index contributed by atoms with van der Waals surface area (Å²) in [6, 6.07) is 18.4. The van der Waals surface area contributed by atoms with Crippen molar-refractivity contribution in [2.24, 2.45) is 0 Å². The monoisotopic (exact) mass is 455 g/mol. The molecule has 1 N–H and O–H groups in total. The van der Waals surface area contributed by atoms with Gasteiger partial charge in [0.25, 0.3) is 0 Å². The zero-order valence-electron chi connectivity index (χ0n) is 16.4. The lowest BCUT2D eigenvalue weighted by Gasteiger charge is -2.16. The number of sulfonamides is 1. The number of hydrogen-bond acceptors (Lipinski definition) is 5. The smallest absolute Gasteiger partial charge is 0.243 e. The minimum atomic E-state index is -3.91. The number of hydrogen-bond donors (Lipinski definition) is 1. The van der Waals surface area contributed by atoms with Crippen LogP contribution in [0.3, 0.4) is 0 Å². The predicted octanol–water partition coefficient (Wildman–Crippen LogP) is 4.36. The predicted molar refractivity (Wildman–Crippen MR) is 120 cm³/mol. The molecule has 6 nitrogen and oxygen atoms in total. The van der Waals surface area contributed by atoms with Gasteiger partial charge in [0.05, 0.1) is 17.1 Å². The Kier molecular flexibility index (Phi) is 5.81. The second kappa shape index (κ2) is 8.54. The highest BCUT2D eigenvalue weighted by Crippen LogP contribution is 2.27. The Labute approximate surface area is 183 Å². The van der Waals surface area contributed by atoms with Crippen LogP contribution >= 0.6 is 11.3 Å². The van der Waals surface area contributed by atoms with Gasteiger partial charge < -0.3 is 5.32 Å². The molecular weight excluding hydrogens is 437 g/mol. The first kappa shape index (κ1) is 21.1. The van der Waals surface area contributed by atoms with E-state index in [0.717, 1.165) is 50.6 Å². The molecule has 0 aliphatic heterocycles. The van der Waals surface area contributed by atoms with Crippen molar-refractivity contribution >= 4 is 43.2 Å². The molecule has 0 radical (unpaired) electrons. The van der Waals surface area contributed by atoms with E-state index in [0.29, 0.717) is 5.13 Å². The van der Waals surface area contributed by atoms with Gasteiger partial charge in [0, 0.05) is 18.0 Å². The van der Waals surface area contributed by atoms with Gasteiger partial charge in [-0.05, 0) is 41.1 Å². The van der Waals surface area contributed by atoms with Crippen LogP contribution in [-0.4, -0.2) is 37.2 Å². The van der Waals surface area contributed by atoms with Gasteiger partial charge in [0.2, 0.25) is 15.9 Å². The molecule has 0 bridgehead atoms. The highest BCUT2D eigenvalue weighted by Gasteiger charge is 2.23. The van der Waals surface area contributed by atoms with Gasteiger partial charge in [-0.25, -0.2) is 17.8 Å². The molecule has 0 aliphatic carbocycles. The summed E-state index contributed by atoms with van der Waals surface area (Å²) < 4.78 is 39.0. The highest BCUT2D eigenvalue weighted by molar-refractivity contribution is 7.89. The number of halogens is 1. The maximum atomic E-state index is 13.1. The molecule has 31 heavy (non-hydrogen) atoms. The molecule has 1 heterocycles. The summed E-state index contributed by atoms with van der Waals surface area (Å²) in [5.74, 6) is -1.06. The Balaban J connectivity index is 1.44. The number of aromatic nitrogens is 1. The third-order valence-corrected chi connectivity index (χ3v) is 7.26. The van der Waals surface area contributed by atoms with Gasteiger partial charge in [-0.15, -0.1) is 11.3 Å². The van der Waals surface area contributed by atoms with E-state index in [9.17, 15) is 17.6 Å². The van der Waals surface area contributed by atoms with Gasteiger partial charge in [-0.1, -0.05) is 36.4 Å². The molecule has 0 atom stereocenters. The molecule has 9 heteroatoms. The van der Waals surface area contributed by atoms with Crippen molar-refractivity contribution in [1.82, 2.24) is 9.29 Å². The molecular formula is C22H18FN3O3S2. The lowest BCUT2D eigenvalue weighted by Crippen LogP contribution is -2.34. The van der Waals surface area contributed by atoms with Gasteiger partial charge in [0.15, 0.2) is 5.13 Å². The fraction of sp³-hybridized carbons (Fsp3) is 0.0909. The Hall–Kier alpha value is -3.14. The fourth-order valence-corrected chi connectivity index (χ4v) is 4.91.